The third-order valence-electron chi connectivity index (χ3n) is 6.30. The predicted octanol–water partition coefficient (Wildman–Crippen LogP) is 1.14. The fourth-order valence-corrected chi connectivity index (χ4v) is 4.87. The van der Waals surface area contributed by atoms with E-state index in [9.17, 15) is 34.8 Å². The highest BCUT2D eigenvalue weighted by atomic mass is 16.3. The first kappa shape index (κ1) is 18.2. The van der Waals surface area contributed by atoms with Crippen LogP contribution >= 0.6 is 0 Å². The number of amides is 1. The number of nitrogens with two attached hydrogens (primary N) is 1. The number of hydrogen-bond donors (Lipinski definition) is 5. The quantitative estimate of drug-likeness (QED) is 0.453. The maximum absolute atomic E-state index is 13.1. The van der Waals surface area contributed by atoms with Crippen LogP contribution in [0.15, 0.2) is 40.9 Å². The van der Waals surface area contributed by atoms with E-state index in [2.05, 4.69) is 0 Å². The first-order valence-electron chi connectivity index (χ1n) is 8.89. The van der Waals surface area contributed by atoms with Crippen LogP contribution < -0.4 is 5.73 Å². The number of aromatic hydroxyl groups is 1. The fraction of sp³-hybridized carbons (Fsp3) is 0.350. The number of phenolic OH excluding ortho intramolecular Hbond substituents is 1. The number of ketones is 2. The number of fused-ring (bicyclic) bond motifs is 3. The van der Waals surface area contributed by atoms with Crippen molar-refractivity contribution in [2.45, 2.75) is 31.3 Å². The summed E-state index contributed by atoms with van der Waals surface area (Å²) in [5, 5.41) is 42.2. The van der Waals surface area contributed by atoms with E-state index < -0.39 is 52.0 Å². The van der Waals surface area contributed by atoms with E-state index in [0.717, 1.165) is 0 Å². The average Bonchev–Trinajstić information content (AvgIpc) is 2.62. The van der Waals surface area contributed by atoms with Crippen LogP contribution in [0.4, 0.5) is 0 Å². The van der Waals surface area contributed by atoms with Crippen LogP contribution in [-0.2, 0) is 9.59 Å². The summed E-state index contributed by atoms with van der Waals surface area (Å²) in [6.07, 6.45) is -0.109. The van der Waals surface area contributed by atoms with E-state index in [1.54, 1.807) is 12.1 Å². The highest BCUT2D eigenvalue weighted by Gasteiger charge is 2.60. The van der Waals surface area contributed by atoms with Gasteiger partial charge >= 0.3 is 0 Å². The number of Topliss-reactive ketones (excluding diaryl/α,β-unsaturated/α-hetero) is 2. The molecular formula is C20H19NO7. The van der Waals surface area contributed by atoms with Crippen molar-refractivity contribution in [1.82, 2.24) is 0 Å². The number of aliphatic hydroxyl groups is 3. The van der Waals surface area contributed by atoms with Crippen molar-refractivity contribution >= 4 is 17.5 Å². The summed E-state index contributed by atoms with van der Waals surface area (Å²) in [7, 11) is 0. The predicted molar refractivity (Wildman–Crippen MR) is 95.5 cm³/mol. The second kappa shape index (κ2) is 5.68. The van der Waals surface area contributed by atoms with Crippen LogP contribution in [0, 0.1) is 11.8 Å². The van der Waals surface area contributed by atoms with Crippen LogP contribution in [0.2, 0.25) is 0 Å². The molecule has 1 aromatic rings. The minimum absolute atomic E-state index is 0.0200. The van der Waals surface area contributed by atoms with Gasteiger partial charge in [0.15, 0.2) is 11.4 Å². The summed E-state index contributed by atoms with van der Waals surface area (Å²) in [5.74, 6) is -6.48. The van der Waals surface area contributed by atoms with Crippen LogP contribution in [0.5, 0.6) is 5.75 Å². The molecule has 0 fully saturated rings. The molecule has 8 heteroatoms. The Morgan fingerprint density at radius 2 is 1.89 bits per heavy atom. The molecule has 0 aromatic heterocycles. The van der Waals surface area contributed by atoms with E-state index >= 15 is 0 Å². The minimum Gasteiger partial charge on any atom is -0.511 e. The third-order valence-corrected chi connectivity index (χ3v) is 6.30. The number of carbonyl (C=O) groups excluding carboxylic acids is 3. The molecule has 146 valence electrons. The third kappa shape index (κ3) is 2.06. The number of phenols is 1. The summed E-state index contributed by atoms with van der Waals surface area (Å²) in [6.45, 7) is 1.82. The zero-order valence-corrected chi connectivity index (χ0v) is 15.0. The number of hydrogen-bond acceptors (Lipinski definition) is 7. The van der Waals surface area contributed by atoms with Gasteiger partial charge in [0.25, 0.3) is 5.91 Å². The molecule has 3 aliphatic rings. The summed E-state index contributed by atoms with van der Waals surface area (Å²) in [5.41, 5.74) is 2.32. The van der Waals surface area contributed by atoms with E-state index in [0.29, 0.717) is 5.56 Å². The number of primary amides is 1. The summed E-state index contributed by atoms with van der Waals surface area (Å²) in [4.78, 5) is 37.5. The standard InChI is InChI=1S/C20H19NO7/c1-7-9-3-2-4-11(22)13(9)16(24)14-10(7)5-8-6-12(23)15(19(21)27)18(26)20(8,28)17(14)25/h2-4,7-8,10,22-23,25,28H,5-6H2,1H3,(H2,21,27)/t7-,8?,10+,20-/m0/s1. The van der Waals surface area contributed by atoms with Crippen LogP contribution in [0.3, 0.4) is 0 Å². The Morgan fingerprint density at radius 3 is 2.54 bits per heavy atom. The average molecular weight is 385 g/mol. The summed E-state index contributed by atoms with van der Waals surface area (Å²) >= 11 is 0. The lowest BCUT2D eigenvalue weighted by Crippen LogP contribution is -2.57. The highest BCUT2D eigenvalue weighted by Crippen LogP contribution is 2.54. The molecule has 6 N–H and O–H groups in total. The van der Waals surface area contributed by atoms with Crippen molar-refractivity contribution in [2.75, 3.05) is 0 Å². The smallest absolute Gasteiger partial charge is 0.255 e. The molecule has 28 heavy (non-hydrogen) atoms. The lowest BCUT2D eigenvalue weighted by Gasteiger charge is -2.47. The molecule has 1 aromatic carbocycles. The SMILES string of the molecule is C[C@H]1c2cccc(O)c2C(=O)C2=C(O)[C@]3(O)C(=O)C(C(N)=O)=C(O)CC3C[C@@H]21. The van der Waals surface area contributed by atoms with Gasteiger partial charge < -0.3 is 26.2 Å². The zero-order chi connectivity index (χ0) is 20.5. The van der Waals surface area contributed by atoms with Crippen molar-refractivity contribution in [2.24, 2.45) is 17.6 Å². The molecule has 0 radical (unpaired) electrons. The Kier molecular flexibility index (Phi) is 3.70. The van der Waals surface area contributed by atoms with Gasteiger partial charge in [0.2, 0.25) is 5.78 Å². The second-order valence-corrected chi connectivity index (χ2v) is 7.65. The Morgan fingerprint density at radius 1 is 1.21 bits per heavy atom. The number of benzene rings is 1. The van der Waals surface area contributed by atoms with Gasteiger partial charge in [-0.2, -0.15) is 0 Å². The van der Waals surface area contributed by atoms with Gasteiger partial charge in [-0.15, -0.1) is 0 Å². The Bertz CT molecular complexity index is 1020. The number of allylic oxidation sites excluding steroid dienone is 2. The van der Waals surface area contributed by atoms with Gasteiger partial charge in [0.1, 0.15) is 22.8 Å². The first-order chi connectivity index (χ1) is 13.1. The molecule has 0 bridgehead atoms. The molecule has 4 rings (SSSR count). The lowest BCUT2D eigenvalue weighted by atomic mass is 9.58. The summed E-state index contributed by atoms with van der Waals surface area (Å²) in [6, 6.07) is 4.67. The molecule has 1 amide bonds. The van der Waals surface area contributed by atoms with Crippen molar-refractivity contribution in [3.8, 4) is 5.75 Å². The number of carbonyl (C=O) groups is 3. The van der Waals surface area contributed by atoms with E-state index in [-0.39, 0.29) is 35.6 Å². The van der Waals surface area contributed by atoms with Gasteiger partial charge in [-0.3, -0.25) is 14.4 Å². The van der Waals surface area contributed by atoms with Crippen LogP contribution in [0.1, 0.15) is 41.6 Å². The Balaban J connectivity index is 1.95. The van der Waals surface area contributed by atoms with Crippen molar-refractivity contribution < 1.29 is 34.8 Å². The maximum Gasteiger partial charge on any atom is 0.255 e. The van der Waals surface area contributed by atoms with Gasteiger partial charge in [0, 0.05) is 17.9 Å². The minimum atomic E-state index is -2.53. The highest BCUT2D eigenvalue weighted by molar-refractivity contribution is 6.24. The molecule has 0 heterocycles. The van der Waals surface area contributed by atoms with Crippen molar-refractivity contribution in [3.05, 3.63) is 52.0 Å². The lowest BCUT2D eigenvalue weighted by molar-refractivity contribution is -0.144. The van der Waals surface area contributed by atoms with E-state index in [1.165, 1.54) is 6.07 Å². The number of rotatable bonds is 1. The topological polar surface area (TPSA) is 158 Å². The molecule has 3 aliphatic carbocycles. The molecule has 0 saturated heterocycles. The summed E-state index contributed by atoms with van der Waals surface area (Å²) < 4.78 is 0. The van der Waals surface area contributed by atoms with E-state index in [1.807, 2.05) is 6.92 Å². The number of aliphatic hydroxyl groups excluding tert-OH is 2. The first-order valence-corrected chi connectivity index (χ1v) is 8.89. The largest absolute Gasteiger partial charge is 0.511 e. The molecule has 0 saturated carbocycles. The molecular weight excluding hydrogens is 366 g/mol. The van der Waals surface area contributed by atoms with Crippen molar-refractivity contribution in [1.29, 1.82) is 0 Å². The van der Waals surface area contributed by atoms with Gasteiger partial charge in [0.05, 0.1) is 5.56 Å². The maximum atomic E-state index is 13.1. The monoisotopic (exact) mass is 385 g/mol. The Hall–Kier alpha value is -3.13. The van der Waals surface area contributed by atoms with Crippen LogP contribution in [0.25, 0.3) is 0 Å². The van der Waals surface area contributed by atoms with Gasteiger partial charge in [-0.05, 0) is 29.9 Å². The van der Waals surface area contributed by atoms with Crippen molar-refractivity contribution in [3.63, 3.8) is 0 Å². The van der Waals surface area contributed by atoms with E-state index in [4.69, 9.17) is 5.73 Å². The van der Waals surface area contributed by atoms with Crippen LogP contribution in [-0.4, -0.2) is 43.5 Å². The molecule has 4 atom stereocenters. The van der Waals surface area contributed by atoms with Gasteiger partial charge in [-0.25, -0.2) is 0 Å². The molecule has 8 nitrogen and oxygen atoms in total. The molecule has 1 unspecified atom stereocenters. The fourth-order valence-electron chi connectivity index (χ4n) is 4.87. The zero-order valence-electron chi connectivity index (χ0n) is 15.0. The molecule has 0 spiro atoms. The second-order valence-electron chi connectivity index (χ2n) is 7.65. The van der Waals surface area contributed by atoms with Gasteiger partial charge in [-0.1, -0.05) is 19.1 Å². The molecule has 0 aliphatic heterocycles. The Labute approximate surface area is 159 Å². The normalized spacial score (nSPS) is 32.0.